The van der Waals surface area contributed by atoms with Crippen molar-refractivity contribution in [2.75, 3.05) is 26.4 Å². The van der Waals surface area contributed by atoms with Crippen LogP contribution in [0, 0.1) is 0 Å². The SMILES string of the molecule is C=C(C)CC(=O)OCCCc1cc(-c2ccc(-c3ccc(CCCCC)cc3)cc2CC)cc(CCCOC(=O)C(=C)C)c1OCCCO[Si](C)(C)C(C)(C)C. The zero-order valence-electron chi connectivity index (χ0n) is 36.2. The van der Waals surface area contributed by atoms with Crippen molar-refractivity contribution in [1.29, 1.82) is 0 Å². The Balaban J connectivity index is 1.98. The van der Waals surface area contributed by atoms with Crippen LogP contribution < -0.4 is 4.74 Å². The standard InChI is InChI=1S/C49H70O6Si/c1-12-14-15-19-38-22-24-40(25-23-38)41-26-27-45(39(13-2)33-41)44-34-42(20-16-28-52-46(50)32-36(3)4)47(43(35-44)21-17-29-54-48(51)37(5)6)53-30-18-31-55-56(10,11)49(7,8)9/h22-27,33-35H,3,5,12-21,28-32H2,1-2,4,6-11H3. The summed E-state index contributed by atoms with van der Waals surface area (Å²) in [5.74, 6) is 0.222. The van der Waals surface area contributed by atoms with Crippen molar-refractivity contribution in [3.8, 4) is 28.0 Å². The van der Waals surface area contributed by atoms with Crippen LogP contribution in [0.3, 0.4) is 0 Å². The summed E-state index contributed by atoms with van der Waals surface area (Å²) in [4.78, 5) is 24.5. The van der Waals surface area contributed by atoms with Gasteiger partial charge in [-0.25, -0.2) is 4.79 Å². The first kappa shape index (κ1) is 46.4. The molecule has 0 bridgehead atoms. The van der Waals surface area contributed by atoms with Crippen molar-refractivity contribution >= 4 is 20.3 Å². The van der Waals surface area contributed by atoms with E-state index < -0.39 is 8.32 Å². The third-order valence-corrected chi connectivity index (χ3v) is 15.2. The van der Waals surface area contributed by atoms with Gasteiger partial charge in [-0.1, -0.05) is 109 Å². The number of unbranched alkanes of at least 4 members (excludes halogenated alkanes) is 2. The summed E-state index contributed by atoms with van der Waals surface area (Å²) >= 11 is 0. The highest BCUT2D eigenvalue weighted by Gasteiger charge is 2.36. The molecule has 7 heteroatoms. The molecule has 0 heterocycles. The average molecular weight is 783 g/mol. The van der Waals surface area contributed by atoms with Crippen molar-refractivity contribution in [1.82, 2.24) is 0 Å². The number of esters is 2. The summed E-state index contributed by atoms with van der Waals surface area (Å²) in [6.45, 7) is 28.6. The van der Waals surface area contributed by atoms with Gasteiger partial charge in [0.05, 0.1) is 26.2 Å². The average Bonchev–Trinajstić information content (AvgIpc) is 3.14. The Bertz CT molecular complexity index is 1750. The Hall–Kier alpha value is -3.94. The van der Waals surface area contributed by atoms with Crippen molar-refractivity contribution < 1.29 is 28.2 Å². The van der Waals surface area contributed by atoms with E-state index in [-0.39, 0.29) is 30.0 Å². The van der Waals surface area contributed by atoms with Crippen molar-refractivity contribution in [2.24, 2.45) is 0 Å². The van der Waals surface area contributed by atoms with Gasteiger partial charge in [0.15, 0.2) is 8.32 Å². The Kier molecular flexibility index (Phi) is 18.8. The molecule has 306 valence electrons. The molecule has 3 aromatic rings. The summed E-state index contributed by atoms with van der Waals surface area (Å²) in [6.07, 6.45) is 9.33. The van der Waals surface area contributed by atoms with Gasteiger partial charge in [0.1, 0.15) is 5.75 Å². The second-order valence-corrected chi connectivity index (χ2v) is 21.6. The fourth-order valence-corrected chi connectivity index (χ4v) is 7.42. The van der Waals surface area contributed by atoms with Crippen LogP contribution in [0.2, 0.25) is 18.1 Å². The number of carbonyl (C=O) groups is 2. The predicted octanol–water partition coefficient (Wildman–Crippen LogP) is 12.6. The molecule has 56 heavy (non-hydrogen) atoms. The van der Waals surface area contributed by atoms with Gasteiger partial charge in [-0.15, -0.1) is 0 Å². The van der Waals surface area contributed by atoms with Crippen LogP contribution in [0.4, 0.5) is 0 Å². The highest BCUT2D eigenvalue weighted by atomic mass is 28.4. The van der Waals surface area contributed by atoms with Crippen LogP contribution in [-0.2, 0) is 49.2 Å². The first-order chi connectivity index (χ1) is 26.6. The first-order valence-corrected chi connectivity index (χ1v) is 23.7. The Labute approximate surface area is 340 Å². The van der Waals surface area contributed by atoms with E-state index >= 15 is 0 Å². The third-order valence-electron chi connectivity index (χ3n) is 10.7. The van der Waals surface area contributed by atoms with Crippen LogP contribution in [0.5, 0.6) is 5.75 Å². The topological polar surface area (TPSA) is 71.1 Å². The lowest BCUT2D eigenvalue weighted by Gasteiger charge is -2.36. The highest BCUT2D eigenvalue weighted by Crippen LogP contribution is 2.38. The van der Waals surface area contributed by atoms with Crippen LogP contribution >= 0.6 is 0 Å². The van der Waals surface area contributed by atoms with Gasteiger partial charge < -0.3 is 18.6 Å². The monoisotopic (exact) mass is 782 g/mol. The largest absolute Gasteiger partial charge is 0.493 e. The van der Waals surface area contributed by atoms with E-state index in [0.29, 0.717) is 51.1 Å². The summed E-state index contributed by atoms with van der Waals surface area (Å²) < 4.78 is 24.2. The number of ether oxygens (including phenoxy) is 3. The summed E-state index contributed by atoms with van der Waals surface area (Å²) in [7, 11) is -1.88. The van der Waals surface area contributed by atoms with Crippen molar-refractivity contribution in [3.05, 3.63) is 101 Å². The molecule has 3 rings (SSSR count). The van der Waals surface area contributed by atoms with E-state index in [2.05, 4.69) is 115 Å². The van der Waals surface area contributed by atoms with E-state index in [9.17, 15) is 9.59 Å². The molecule has 0 aliphatic heterocycles. The lowest BCUT2D eigenvalue weighted by molar-refractivity contribution is -0.143. The molecular weight excluding hydrogens is 713 g/mol. The molecule has 3 aromatic carbocycles. The molecule has 0 aromatic heterocycles. The fourth-order valence-electron chi connectivity index (χ4n) is 6.33. The van der Waals surface area contributed by atoms with E-state index in [0.717, 1.165) is 47.3 Å². The number of benzene rings is 3. The number of hydrogen-bond donors (Lipinski definition) is 0. The zero-order chi connectivity index (χ0) is 41.3. The lowest BCUT2D eigenvalue weighted by atomic mass is 9.89. The quantitative estimate of drug-likeness (QED) is 0.0296. The summed E-state index contributed by atoms with van der Waals surface area (Å²) in [6, 6.07) is 20.3. The number of carbonyl (C=O) groups excluding carboxylic acids is 2. The van der Waals surface area contributed by atoms with Gasteiger partial charge in [0.25, 0.3) is 0 Å². The third kappa shape index (κ3) is 14.9. The molecule has 0 atom stereocenters. The molecule has 0 aliphatic carbocycles. The molecule has 0 aliphatic rings. The Morgan fingerprint density at radius 2 is 1.29 bits per heavy atom. The van der Waals surface area contributed by atoms with Gasteiger partial charge in [-0.2, -0.15) is 0 Å². The van der Waals surface area contributed by atoms with Crippen molar-refractivity contribution in [3.63, 3.8) is 0 Å². The minimum absolute atomic E-state index is 0.138. The van der Waals surface area contributed by atoms with Gasteiger partial charge in [0.2, 0.25) is 0 Å². The van der Waals surface area contributed by atoms with E-state index in [1.54, 1.807) is 6.92 Å². The number of aryl methyl sites for hydroxylation is 4. The first-order valence-electron chi connectivity index (χ1n) is 20.8. The van der Waals surface area contributed by atoms with Crippen molar-refractivity contribution in [2.45, 2.75) is 137 Å². The molecule has 0 saturated heterocycles. The second kappa shape index (κ2) is 22.7. The van der Waals surface area contributed by atoms with Gasteiger partial charge in [0, 0.05) is 18.6 Å². The Morgan fingerprint density at radius 1 is 0.679 bits per heavy atom. The molecule has 0 saturated carbocycles. The van der Waals surface area contributed by atoms with E-state index in [4.69, 9.17) is 18.6 Å². The van der Waals surface area contributed by atoms with E-state index in [1.807, 2.05) is 6.92 Å². The van der Waals surface area contributed by atoms with Gasteiger partial charge in [-0.3, -0.25) is 4.79 Å². The Morgan fingerprint density at radius 3 is 1.86 bits per heavy atom. The zero-order valence-corrected chi connectivity index (χ0v) is 37.2. The van der Waals surface area contributed by atoms with Gasteiger partial charge in [-0.05, 0) is 134 Å². The van der Waals surface area contributed by atoms with Crippen LogP contribution in [-0.4, -0.2) is 46.7 Å². The molecule has 6 nitrogen and oxygen atoms in total. The molecule has 0 amide bonds. The molecule has 0 fully saturated rings. The highest BCUT2D eigenvalue weighted by molar-refractivity contribution is 6.74. The van der Waals surface area contributed by atoms with E-state index in [1.165, 1.54) is 47.1 Å². The van der Waals surface area contributed by atoms with Crippen LogP contribution in [0.1, 0.15) is 116 Å². The molecular formula is C49H70O6Si. The maximum absolute atomic E-state index is 12.3. The molecule has 0 radical (unpaired) electrons. The molecule has 0 spiro atoms. The summed E-state index contributed by atoms with van der Waals surface area (Å²) in [5.41, 5.74) is 10.7. The maximum atomic E-state index is 12.3. The number of rotatable bonds is 24. The molecule has 0 unspecified atom stereocenters. The predicted molar refractivity (Wildman–Crippen MR) is 236 cm³/mol. The normalized spacial score (nSPS) is 11.7. The number of hydrogen-bond acceptors (Lipinski definition) is 6. The maximum Gasteiger partial charge on any atom is 0.333 e. The fraction of sp³-hybridized carbons (Fsp3) is 0.510. The minimum atomic E-state index is -1.88. The summed E-state index contributed by atoms with van der Waals surface area (Å²) in [5, 5.41) is 0.138. The van der Waals surface area contributed by atoms with Crippen LogP contribution in [0.25, 0.3) is 22.3 Å². The molecule has 0 N–H and O–H groups in total. The second-order valence-electron chi connectivity index (χ2n) is 16.8. The van der Waals surface area contributed by atoms with Gasteiger partial charge >= 0.3 is 11.9 Å². The smallest absolute Gasteiger partial charge is 0.333 e. The lowest BCUT2D eigenvalue weighted by Crippen LogP contribution is -2.41. The minimum Gasteiger partial charge on any atom is -0.493 e. The van der Waals surface area contributed by atoms with Crippen LogP contribution in [0.15, 0.2) is 78.9 Å².